The molecule has 0 fully saturated rings. The number of anilines is 1. The molecule has 1 atom stereocenters. The van der Waals surface area contributed by atoms with E-state index in [1.165, 1.54) is 21.3 Å². The number of fused-ring (bicyclic) bond motifs is 3. The highest BCUT2D eigenvalue weighted by molar-refractivity contribution is 5.91. The summed E-state index contributed by atoms with van der Waals surface area (Å²) in [5, 5.41) is 6.39. The van der Waals surface area contributed by atoms with Gasteiger partial charge in [-0.3, -0.25) is 18.5 Å². The van der Waals surface area contributed by atoms with Crippen LogP contribution in [0, 0.1) is 5.82 Å². The molecule has 3 aromatic rings. The Bertz CT molecular complexity index is 1240. The Morgan fingerprint density at radius 1 is 1.17 bits per heavy atom. The average Bonchev–Trinajstić information content (AvgIpc) is 3.10. The number of aromatic nitrogens is 4. The van der Waals surface area contributed by atoms with E-state index >= 15 is 0 Å². The lowest BCUT2D eigenvalue weighted by Gasteiger charge is -2.28. The lowest BCUT2D eigenvalue weighted by molar-refractivity contribution is 0.618. The smallest absolute Gasteiger partial charge is 0.294 e. The van der Waals surface area contributed by atoms with E-state index in [4.69, 9.17) is 0 Å². The minimum Gasteiger partial charge on any atom is -0.294 e. The molecular weight excluding hydrogens is 375 g/mol. The summed E-state index contributed by atoms with van der Waals surface area (Å²) in [4.78, 5) is 30.9. The number of imidazole rings is 1. The predicted molar refractivity (Wildman–Crippen MR) is 110 cm³/mol. The van der Waals surface area contributed by atoms with E-state index in [0.717, 1.165) is 12.1 Å². The molecule has 1 aliphatic heterocycles. The Labute approximate surface area is 166 Å². The Morgan fingerprint density at radius 2 is 1.86 bits per heavy atom. The van der Waals surface area contributed by atoms with Gasteiger partial charge < -0.3 is 0 Å². The van der Waals surface area contributed by atoms with Crippen LogP contribution in [0.2, 0.25) is 0 Å². The highest BCUT2D eigenvalue weighted by Gasteiger charge is 2.30. The van der Waals surface area contributed by atoms with Crippen LogP contribution in [0.5, 0.6) is 0 Å². The molecule has 4 rings (SSSR count). The molecule has 29 heavy (non-hydrogen) atoms. The van der Waals surface area contributed by atoms with Gasteiger partial charge in [0.2, 0.25) is 5.95 Å². The van der Waals surface area contributed by atoms with Gasteiger partial charge in [-0.2, -0.15) is 10.1 Å². The Balaban J connectivity index is 1.97. The van der Waals surface area contributed by atoms with Crippen LogP contribution < -0.4 is 16.3 Å². The molecule has 0 unspecified atom stereocenters. The Hall–Kier alpha value is -3.23. The quantitative estimate of drug-likeness (QED) is 0.675. The van der Waals surface area contributed by atoms with E-state index in [0.29, 0.717) is 29.2 Å². The number of nitrogens with zero attached hydrogens (tertiary/aromatic N) is 6. The van der Waals surface area contributed by atoms with Crippen molar-refractivity contribution in [2.45, 2.75) is 39.8 Å². The van der Waals surface area contributed by atoms with Crippen molar-refractivity contribution in [3.05, 3.63) is 56.5 Å². The Kier molecular flexibility index (Phi) is 4.60. The van der Waals surface area contributed by atoms with Crippen LogP contribution in [-0.4, -0.2) is 30.9 Å². The van der Waals surface area contributed by atoms with Gasteiger partial charge >= 0.3 is 5.69 Å². The van der Waals surface area contributed by atoms with Gasteiger partial charge in [-0.15, -0.1) is 0 Å². The van der Waals surface area contributed by atoms with Gasteiger partial charge in [-0.1, -0.05) is 19.1 Å². The number of hydrogen-bond acceptors (Lipinski definition) is 5. The van der Waals surface area contributed by atoms with Crippen molar-refractivity contribution >= 4 is 22.8 Å². The van der Waals surface area contributed by atoms with Crippen molar-refractivity contribution in [3.63, 3.8) is 0 Å². The summed E-state index contributed by atoms with van der Waals surface area (Å²) in [6.07, 6.45) is 0.863. The summed E-state index contributed by atoms with van der Waals surface area (Å²) < 4.78 is 17.6. The van der Waals surface area contributed by atoms with Crippen LogP contribution in [0.15, 0.2) is 39.0 Å². The maximum absolute atomic E-state index is 13.4. The van der Waals surface area contributed by atoms with Gasteiger partial charge in [0, 0.05) is 13.6 Å². The van der Waals surface area contributed by atoms with Crippen LogP contribution in [0.1, 0.15) is 38.8 Å². The van der Waals surface area contributed by atoms with Crippen molar-refractivity contribution in [2.24, 2.45) is 12.1 Å². The molecule has 3 heterocycles. The van der Waals surface area contributed by atoms with Gasteiger partial charge in [0.05, 0.1) is 18.3 Å². The van der Waals surface area contributed by atoms with Crippen molar-refractivity contribution < 1.29 is 4.39 Å². The maximum Gasteiger partial charge on any atom is 0.332 e. The third-order valence-electron chi connectivity index (χ3n) is 5.35. The SMILES string of the molecule is CCCN1N=C(C)[C@@H](C)n2c1nc1c2c(=O)n(Cc2ccc(F)cc2)c(=O)n1C. The lowest BCUT2D eigenvalue weighted by atomic mass is 10.2. The average molecular weight is 398 g/mol. The van der Waals surface area contributed by atoms with Crippen molar-refractivity contribution in [2.75, 3.05) is 11.6 Å². The summed E-state index contributed by atoms with van der Waals surface area (Å²) in [5.41, 5.74) is 1.36. The fourth-order valence-corrected chi connectivity index (χ4v) is 3.66. The number of aryl methyl sites for hydroxylation is 1. The number of hydrazone groups is 1. The van der Waals surface area contributed by atoms with Gasteiger partial charge in [0.25, 0.3) is 5.56 Å². The van der Waals surface area contributed by atoms with Crippen LogP contribution in [0.3, 0.4) is 0 Å². The largest absolute Gasteiger partial charge is 0.332 e. The minimum absolute atomic E-state index is 0.0579. The first-order valence-corrected chi connectivity index (χ1v) is 9.62. The van der Waals surface area contributed by atoms with Gasteiger partial charge in [-0.05, 0) is 38.0 Å². The minimum atomic E-state index is -0.463. The van der Waals surface area contributed by atoms with E-state index in [1.807, 2.05) is 25.3 Å². The first-order valence-electron chi connectivity index (χ1n) is 9.62. The lowest BCUT2D eigenvalue weighted by Crippen LogP contribution is -2.40. The molecule has 2 aromatic heterocycles. The molecule has 8 nitrogen and oxygen atoms in total. The summed E-state index contributed by atoms with van der Waals surface area (Å²) >= 11 is 0. The summed E-state index contributed by atoms with van der Waals surface area (Å²) in [7, 11) is 1.60. The molecule has 1 aromatic carbocycles. The first-order chi connectivity index (χ1) is 13.8. The topological polar surface area (TPSA) is 77.4 Å². The number of rotatable bonds is 4. The molecule has 152 valence electrons. The standard InChI is InChI=1S/C20H23FN6O2/c1-5-10-26-19-22-17-16(27(19)13(3)12(2)23-26)18(28)25(20(29)24(17)4)11-14-6-8-15(21)9-7-14/h6-9,13H,5,10-11H2,1-4H3/t13-/m1/s1. The van der Waals surface area contributed by atoms with Crippen LogP contribution >= 0.6 is 0 Å². The molecule has 0 amide bonds. The zero-order chi connectivity index (χ0) is 20.9. The van der Waals surface area contributed by atoms with E-state index in [2.05, 4.69) is 10.1 Å². The predicted octanol–water partition coefficient (Wildman–Crippen LogP) is 2.25. The Morgan fingerprint density at radius 3 is 2.52 bits per heavy atom. The second kappa shape index (κ2) is 6.98. The summed E-state index contributed by atoms with van der Waals surface area (Å²) in [5.74, 6) is 0.195. The number of halogens is 1. The van der Waals surface area contributed by atoms with Crippen LogP contribution in [-0.2, 0) is 13.6 Å². The third kappa shape index (κ3) is 2.97. The third-order valence-corrected chi connectivity index (χ3v) is 5.35. The molecule has 0 N–H and O–H groups in total. The summed E-state index contributed by atoms with van der Waals surface area (Å²) in [6, 6.07) is 5.61. The molecule has 0 aliphatic carbocycles. The van der Waals surface area contributed by atoms with Crippen LogP contribution in [0.4, 0.5) is 10.3 Å². The molecule has 1 aliphatic rings. The normalized spacial score (nSPS) is 16.2. The summed E-state index contributed by atoms with van der Waals surface area (Å²) in [6.45, 7) is 6.64. The van der Waals surface area contributed by atoms with E-state index in [-0.39, 0.29) is 18.4 Å². The fourth-order valence-electron chi connectivity index (χ4n) is 3.66. The van der Waals surface area contributed by atoms with E-state index in [9.17, 15) is 14.0 Å². The molecule has 0 radical (unpaired) electrons. The van der Waals surface area contributed by atoms with Gasteiger partial charge in [-0.25, -0.2) is 14.2 Å². The molecule has 0 spiro atoms. The first kappa shape index (κ1) is 19.1. The molecular formula is C20H23FN6O2. The molecule has 9 heteroatoms. The molecule has 0 saturated carbocycles. The zero-order valence-electron chi connectivity index (χ0n) is 16.9. The monoisotopic (exact) mass is 398 g/mol. The van der Waals surface area contributed by atoms with E-state index < -0.39 is 11.2 Å². The van der Waals surface area contributed by atoms with Crippen LogP contribution in [0.25, 0.3) is 11.2 Å². The zero-order valence-corrected chi connectivity index (χ0v) is 16.9. The van der Waals surface area contributed by atoms with Crippen molar-refractivity contribution in [3.8, 4) is 0 Å². The second-order valence-electron chi connectivity index (χ2n) is 7.35. The maximum atomic E-state index is 13.4. The highest BCUT2D eigenvalue weighted by Crippen LogP contribution is 2.29. The van der Waals surface area contributed by atoms with Crippen molar-refractivity contribution in [1.29, 1.82) is 0 Å². The van der Waals surface area contributed by atoms with Gasteiger partial charge in [0.1, 0.15) is 5.82 Å². The highest BCUT2D eigenvalue weighted by atomic mass is 19.1. The molecule has 0 saturated heterocycles. The van der Waals surface area contributed by atoms with E-state index in [1.54, 1.807) is 24.2 Å². The number of hydrogen-bond donors (Lipinski definition) is 0. The fraction of sp³-hybridized carbons (Fsp3) is 0.400. The van der Waals surface area contributed by atoms with Gasteiger partial charge in [0.15, 0.2) is 11.2 Å². The molecule has 0 bridgehead atoms. The number of benzene rings is 1. The second-order valence-corrected chi connectivity index (χ2v) is 7.35. The van der Waals surface area contributed by atoms with Crippen molar-refractivity contribution in [1.82, 2.24) is 18.7 Å².